The molecule has 0 atom stereocenters. The third kappa shape index (κ3) is 3.62. The van der Waals surface area contributed by atoms with Crippen molar-refractivity contribution in [3.63, 3.8) is 0 Å². The van der Waals surface area contributed by atoms with Gasteiger partial charge in [-0.2, -0.15) is 0 Å². The molecule has 0 spiro atoms. The molecule has 0 aliphatic carbocycles. The van der Waals surface area contributed by atoms with Crippen LogP contribution in [0.3, 0.4) is 0 Å². The van der Waals surface area contributed by atoms with E-state index in [0.717, 1.165) is 0 Å². The Morgan fingerprint density at radius 2 is 2.00 bits per heavy atom. The fourth-order valence-corrected chi connectivity index (χ4v) is 0.324. The second kappa shape index (κ2) is 3.39. The number of hydrogen-bond donors (Lipinski definition) is 1. The SMILES string of the molecule is C=C(O)C(=O)OC(C)(C)OC. The number of ether oxygens (including phenoxy) is 2. The Kier molecular flexibility index (Phi) is 3.07. The Hall–Kier alpha value is -1.03. The monoisotopic (exact) mass is 160 g/mol. The molecule has 0 rings (SSSR count). The molecule has 0 aliphatic rings. The number of aliphatic hydroxyl groups excluding tert-OH is 1. The van der Waals surface area contributed by atoms with Gasteiger partial charge in [0.05, 0.1) is 0 Å². The summed E-state index contributed by atoms with van der Waals surface area (Å²) in [6.07, 6.45) is 0. The molecule has 0 fully saturated rings. The average molecular weight is 160 g/mol. The van der Waals surface area contributed by atoms with Crippen molar-refractivity contribution >= 4 is 5.97 Å². The average Bonchev–Trinajstić information content (AvgIpc) is 1.87. The van der Waals surface area contributed by atoms with Crippen LogP contribution in [0.25, 0.3) is 0 Å². The summed E-state index contributed by atoms with van der Waals surface area (Å²) in [6, 6.07) is 0. The first-order valence-corrected chi connectivity index (χ1v) is 3.05. The summed E-state index contributed by atoms with van der Waals surface area (Å²) in [6.45, 7) is 6.10. The van der Waals surface area contributed by atoms with Gasteiger partial charge in [0.2, 0.25) is 5.79 Å². The number of esters is 1. The smallest absolute Gasteiger partial charge is 0.375 e. The van der Waals surface area contributed by atoms with E-state index in [9.17, 15) is 4.79 Å². The lowest BCUT2D eigenvalue weighted by Gasteiger charge is -2.22. The van der Waals surface area contributed by atoms with Crippen LogP contribution in [0, 0.1) is 0 Å². The van der Waals surface area contributed by atoms with Gasteiger partial charge in [0.1, 0.15) is 0 Å². The van der Waals surface area contributed by atoms with Gasteiger partial charge >= 0.3 is 5.97 Å². The normalized spacial score (nSPS) is 10.8. The van der Waals surface area contributed by atoms with E-state index >= 15 is 0 Å². The van der Waals surface area contributed by atoms with Crippen LogP contribution in [0.15, 0.2) is 12.3 Å². The van der Waals surface area contributed by atoms with Crippen LogP contribution in [-0.2, 0) is 14.3 Å². The lowest BCUT2D eigenvalue weighted by atomic mass is 10.4. The van der Waals surface area contributed by atoms with Crippen molar-refractivity contribution < 1.29 is 19.4 Å². The third-order valence-electron chi connectivity index (χ3n) is 1.07. The number of methoxy groups -OCH3 is 1. The fourth-order valence-electron chi connectivity index (χ4n) is 0.324. The summed E-state index contributed by atoms with van der Waals surface area (Å²) in [5.74, 6) is -2.53. The highest BCUT2D eigenvalue weighted by Crippen LogP contribution is 2.10. The molecule has 4 nitrogen and oxygen atoms in total. The van der Waals surface area contributed by atoms with Crippen molar-refractivity contribution in [2.75, 3.05) is 7.11 Å². The van der Waals surface area contributed by atoms with E-state index in [1.54, 1.807) is 13.8 Å². The minimum Gasteiger partial charge on any atom is -0.502 e. The van der Waals surface area contributed by atoms with Gasteiger partial charge in [0.25, 0.3) is 0 Å². The molecular formula is C7H12O4. The number of aliphatic hydroxyl groups is 1. The van der Waals surface area contributed by atoms with E-state index in [1.165, 1.54) is 7.11 Å². The Balaban J connectivity index is 4.04. The van der Waals surface area contributed by atoms with Crippen molar-refractivity contribution in [1.29, 1.82) is 0 Å². The third-order valence-corrected chi connectivity index (χ3v) is 1.07. The predicted octanol–water partition coefficient (Wildman–Crippen LogP) is 0.984. The van der Waals surface area contributed by atoms with Crippen molar-refractivity contribution in [2.45, 2.75) is 19.6 Å². The second-order valence-corrected chi connectivity index (χ2v) is 2.44. The second-order valence-electron chi connectivity index (χ2n) is 2.44. The summed E-state index contributed by atoms with van der Waals surface area (Å²) >= 11 is 0. The van der Waals surface area contributed by atoms with Crippen molar-refractivity contribution in [1.82, 2.24) is 0 Å². The number of hydrogen-bond acceptors (Lipinski definition) is 4. The van der Waals surface area contributed by atoms with Crippen LogP contribution in [0.4, 0.5) is 0 Å². The van der Waals surface area contributed by atoms with Gasteiger partial charge in [-0.25, -0.2) is 4.79 Å². The highest BCUT2D eigenvalue weighted by molar-refractivity contribution is 5.85. The quantitative estimate of drug-likeness (QED) is 0.289. The zero-order valence-electron chi connectivity index (χ0n) is 6.88. The Labute approximate surface area is 65.4 Å². The summed E-state index contributed by atoms with van der Waals surface area (Å²) in [7, 11) is 1.40. The first-order valence-electron chi connectivity index (χ1n) is 3.05. The molecule has 11 heavy (non-hydrogen) atoms. The first-order chi connectivity index (χ1) is 4.89. The summed E-state index contributed by atoms with van der Waals surface area (Å²) < 4.78 is 9.40. The van der Waals surface area contributed by atoms with Crippen LogP contribution < -0.4 is 0 Å². The lowest BCUT2D eigenvalue weighted by molar-refractivity contribution is -0.204. The summed E-state index contributed by atoms with van der Waals surface area (Å²) in [4.78, 5) is 10.7. The first kappa shape index (κ1) is 9.97. The van der Waals surface area contributed by atoms with E-state index in [2.05, 4.69) is 11.3 Å². The van der Waals surface area contributed by atoms with E-state index in [0.29, 0.717) is 0 Å². The lowest BCUT2D eigenvalue weighted by Crippen LogP contribution is -2.30. The topological polar surface area (TPSA) is 55.8 Å². The van der Waals surface area contributed by atoms with Crippen LogP contribution in [0.1, 0.15) is 13.8 Å². The molecule has 0 amide bonds. The van der Waals surface area contributed by atoms with Crippen LogP contribution in [0.2, 0.25) is 0 Å². The standard InChI is InChI=1S/C7H12O4/c1-5(8)6(9)11-7(2,3)10-4/h8H,1H2,2-4H3. The molecule has 0 saturated heterocycles. The van der Waals surface area contributed by atoms with Gasteiger partial charge in [0.15, 0.2) is 5.76 Å². The fraction of sp³-hybridized carbons (Fsp3) is 0.571. The van der Waals surface area contributed by atoms with E-state index in [4.69, 9.17) is 9.84 Å². The molecule has 0 bridgehead atoms. The molecule has 0 aromatic heterocycles. The minimum atomic E-state index is -1.03. The molecule has 1 N–H and O–H groups in total. The number of carbonyl (C=O) groups excluding carboxylic acids is 1. The highest BCUT2D eigenvalue weighted by Gasteiger charge is 2.22. The van der Waals surface area contributed by atoms with E-state index in [-0.39, 0.29) is 0 Å². The maximum atomic E-state index is 10.7. The molecule has 0 saturated carbocycles. The van der Waals surface area contributed by atoms with E-state index < -0.39 is 17.5 Å². The van der Waals surface area contributed by atoms with Gasteiger partial charge in [-0.1, -0.05) is 0 Å². The molecule has 0 heterocycles. The summed E-state index contributed by atoms with van der Waals surface area (Å²) in [5.41, 5.74) is 0. The molecular weight excluding hydrogens is 148 g/mol. The van der Waals surface area contributed by atoms with Gasteiger partial charge < -0.3 is 14.6 Å². The Morgan fingerprint density at radius 3 is 2.27 bits per heavy atom. The van der Waals surface area contributed by atoms with Gasteiger partial charge in [0, 0.05) is 21.0 Å². The Morgan fingerprint density at radius 1 is 1.55 bits per heavy atom. The van der Waals surface area contributed by atoms with Crippen molar-refractivity contribution in [2.24, 2.45) is 0 Å². The zero-order chi connectivity index (χ0) is 9.07. The van der Waals surface area contributed by atoms with E-state index in [1.807, 2.05) is 0 Å². The molecule has 64 valence electrons. The Bertz CT molecular complexity index is 171. The molecule has 0 unspecified atom stereocenters. The maximum Gasteiger partial charge on any atom is 0.375 e. The van der Waals surface area contributed by atoms with Gasteiger partial charge in [-0.3, -0.25) is 0 Å². The van der Waals surface area contributed by atoms with Crippen LogP contribution >= 0.6 is 0 Å². The zero-order valence-corrected chi connectivity index (χ0v) is 6.88. The largest absolute Gasteiger partial charge is 0.502 e. The number of rotatable bonds is 3. The van der Waals surface area contributed by atoms with Crippen LogP contribution in [0.5, 0.6) is 0 Å². The van der Waals surface area contributed by atoms with Crippen molar-refractivity contribution in [3.8, 4) is 0 Å². The highest BCUT2D eigenvalue weighted by atomic mass is 16.7. The van der Waals surface area contributed by atoms with Gasteiger partial charge in [-0.15, -0.1) is 0 Å². The van der Waals surface area contributed by atoms with Crippen molar-refractivity contribution in [3.05, 3.63) is 12.3 Å². The van der Waals surface area contributed by atoms with Crippen LogP contribution in [-0.4, -0.2) is 24.0 Å². The number of carbonyl (C=O) groups is 1. The maximum absolute atomic E-state index is 10.7. The minimum absolute atomic E-state index is 0.630. The predicted molar refractivity (Wildman–Crippen MR) is 38.9 cm³/mol. The molecule has 0 aromatic carbocycles. The molecule has 0 radical (unpaired) electrons. The van der Waals surface area contributed by atoms with Gasteiger partial charge in [-0.05, 0) is 6.58 Å². The summed E-state index contributed by atoms with van der Waals surface area (Å²) in [5, 5.41) is 8.56. The molecule has 0 aliphatic heterocycles. The molecule has 0 aromatic rings. The molecule has 4 heteroatoms.